The maximum Gasteiger partial charge on any atom is 0.119 e. The minimum Gasteiger partial charge on any atom is -0.397 e. The van der Waals surface area contributed by atoms with Gasteiger partial charge in [0.15, 0.2) is 0 Å². The molecule has 0 saturated heterocycles. The van der Waals surface area contributed by atoms with Crippen molar-refractivity contribution in [3.8, 4) is 0 Å². The lowest BCUT2D eigenvalue weighted by Gasteiger charge is -2.00. The zero-order valence-electron chi connectivity index (χ0n) is 11.9. The van der Waals surface area contributed by atoms with Gasteiger partial charge >= 0.3 is 0 Å². The monoisotopic (exact) mass is 244 g/mol. The van der Waals surface area contributed by atoms with Gasteiger partial charge in [-0.1, -0.05) is 64.7 Å². The molecule has 17 heavy (non-hydrogen) atoms. The molecule has 0 unspecified atom stereocenters. The van der Waals surface area contributed by atoms with Crippen LogP contribution < -0.4 is 0 Å². The van der Waals surface area contributed by atoms with Crippen LogP contribution >= 0.6 is 0 Å². The van der Waals surface area contributed by atoms with Crippen LogP contribution in [0.5, 0.6) is 0 Å². The van der Waals surface area contributed by atoms with Crippen molar-refractivity contribution >= 4 is 6.29 Å². The van der Waals surface area contributed by atoms with Gasteiger partial charge in [-0.25, -0.2) is 0 Å². The number of rotatable bonds is 11. The van der Waals surface area contributed by atoms with Crippen LogP contribution in [0.2, 0.25) is 0 Å². The van der Waals surface area contributed by atoms with E-state index < -0.39 is 0 Å². The van der Waals surface area contributed by atoms with Gasteiger partial charge in [-0.2, -0.15) is 0 Å². The molecule has 0 aromatic rings. The Morgan fingerprint density at radius 2 is 1.12 bits per heavy atom. The Bertz CT molecular complexity index is 124. The molecular formula is C15H32O2. The van der Waals surface area contributed by atoms with E-state index in [0.29, 0.717) is 0 Å². The summed E-state index contributed by atoms with van der Waals surface area (Å²) in [5.74, 6) is 0. The fraction of sp³-hybridized carbons (Fsp3) is 0.933. The van der Waals surface area contributed by atoms with Gasteiger partial charge in [0.05, 0.1) is 0 Å². The van der Waals surface area contributed by atoms with E-state index in [1.54, 1.807) is 6.92 Å². The molecule has 0 amide bonds. The number of aliphatic hydroxyl groups is 1. The summed E-state index contributed by atoms with van der Waals surface area (Å²) < 4.78 is 0. The van der Waals surface area contributed by atoms with Gasteiger partial charge < -0.3 is 9.90 Å². The molecule has 0 aliphatic heterocycles. The lowest BCUT2D eigenvalue weighted by Crippen LogP contribution is -1.82. The molecule has 0 aromatic carbocycles. The molecule has 0 aromatic heterocycles. The zero-order valence-corrected chi connectivity index (χ0v) is 11.9. The van der Waals surface area contributed by atoms with E-state index in [1.807, 2.05) is 0 Å². The number of hydrogen-bond donors (Lipinski definition) is 1. The van der Waals surface area contributed by atoms with Crippen molar-refractivity contribution < 1.29 is 9.90 Å². The molecule has 0 aliphatic carbocycles. The maximum atomic E-state index is 10.0. The second kappa shape index (κ2) is 21.0. The fourth-order valence-corrected chi connectivity index (χ4v) is 1.72. The molecule has 0 rings (SSSR count). The molecule has 104 valence electrons. The van der Waals surface area contributed by atoms with E-state index in [-0.39, 0.29) is 6.61 Å². The van der Waals surface area contributed by atoms with Gasteiger partial charge in [0.1, 0.15) is 6.29 Å². The number of hydrogen-bond acceptors (Lipinski definition) is 2. The van der Waals surface area contributed by atoms with Crippen LogP contribution in [0.3, 0.4) is 0 Å². The Kier molecular flexibility index (Phi) is 23.4. The number of aldehydes is 1. The number of carbonyl (C=O) groups is 1. The normalized spacial score (nSPS) is 9.59. The molecule has 0 spiro atoms. The van der Waals surface area contributed by atoms with E-state index in [0.717, 1.165) is 19.1 Å². The third-order valence-electron chi connectivity index (χ3n) is 2.68. The van der Waals surface area contributed by atoms with Crippen LogP contribution in [0, 0.1) is 0 Å². The van der Waals surface area contributed by atoms with Crippen LogP contribution in [0.25, 0.3) is 0 Å². The quantitative estimate of drug-likeness (QED) is 0.429. The zero-order chi connectivity index (χ0) is 13.2. The van der Waals surface area contributed by atoms with Gasteiger partial charge in [-0.15, -0.1) is 0 Å². The molecule has 1 N–H and O–H groups in total. The first-order chi connectivity index (χ1) is 8.33. The first-order valence-electron chi connectivity index (χ1n) is 7.37. The fourth-order valence-electron chi connectivity index (χ4n) is 1.72. The number of unbranched alkanes of at least 4 members (excludes halogenated alkanes) is 10. The van der Waals surface area contributed by atoms with Crippen LogP contribution in [-0.2, 0) is 4.79 Å². The molecule has 0 fully saturated rings. The first kappa shape index (κ1) is 19.0. The average Bonchev–Trinajstić information content (AvgIpc) is 2.33. The van der Waals surface area contributed by atoms with Crippen LogP contribution in [0.4, 0.5) is 0 Å². The van der Waals surface area contributed by atoms with Crippen LogP contribution in [0.1, 0.15) is 84.5 Å². The molecule has 0 saturated carbocycles. The number of carbonyl (C=O) groups excluding carboxylic acids is 1. The third-order valence-corrected chi connectivity index (χ3v) is 2.68. The van der Waals surface area contributed by atoms with Crippen LogP contribution in [0.15, 0.2) is 0 Å². The van der Waals surface area contributed by atoms with Gasteiger partial charge in [-0.3, -0.25) is 0 Å². The van der Waals surface area contributed by atoms with Crippen molar-refractivity contribution in [2.45, 2.75) is 84.5 Å². The van der Waals surface area contributed by atoms with Crippen molar-refractivity contribution in [3.05, 3.63) is 0 Å². The Balaban J connectivity index is 0. The summed E-state index contributed by atoms with van der Waals surface area (Å²) in [7, 11) is 0. The average molecular weight is 244 g/mol. The Morgan fingerprint density at radius 1 is 0.765 bits per heavy atom. The van der Waals surface area contributed by atoms with E-state index in [2.05, 4.69) is 6.92 Å². The SMILES string of the molecule is CCCCCCCCCCCCC=O.CCO. The molecule has 0 heterocycles. The summed E-state index contributed by atoms with van der Waals surface area (Å²) in [5.41, 5.74) is 0. The summed E-state index contributed by atoms with van der Waals surface area (Å²) in [6.07, 6.45) is 15.2. The molecule has 0 aliphatic rings. The number of aliphatic hydroxyl groups excluding tert-OH is 1. The first-order valence-corrected chi connectivity index (χ1v) is 7.37. The van der Waals surface area contributed by atoms with Crippen molar-refractivity contribution in [3.63, 3.8) is 0 Å². The van der Waals surface area contributed by atoms with E-state index in [4.69, 9.17) is 5.11 Å². The molecule has 0 bridgehead atoms. The Morgan fingerprint density at radius 3 is 1.47 bits per heavy atom. The summed E-state index contributed by atoms with van der Waals surface area (Å²) >= 11 is 0. The highest BCUT2D eigenvalue weighted by Crippen LogP contribution is 2.10. The summed E-state index contributed by atoms with van der Waals surface area (Å²) in [4.78, 5) is 10.0. The lowest BCUT2D eigenvalue weighted by atomic mass is 10.1. The van der Waals surface area contributed by atoms with Gasteiger partial charge in [0.25, 0.3) is 0 Å². The van der Waals surface area contributed by atoms with Crippen molar-refractivity contribution in [2.24, 2.45) is 0 Å². The standard InChI is InChI=1S/C13H26O.C2H6O/c1-2-3-4-5-6-7-8-9-10-11-12-13-14;1-2-3/h13H,2-12H2,1H3;3H,2H2,1H3. The summed E-state index contributed by atoms with van der Waals surface area (Å²) in [6, 6.07) is 0. The second-order valence-corrected chi connectivity index (χ2v) is 4.45. The minimum atomic E-state index is 0.250. The van der Waals surface area contributed by atoms with Crippen molar-refractivity contribution in [1.82, 2.24) is 0 Å². The highest BCUT2D eigenvalue weighted by atomic mass is 16.2. The molecule has 0 radical (unpaired) electrons. The molecular weight excluding hydrogens is 212 g/mol. The van der Waals surface area contributed by atoms with Crippen molar-refractivity contribution in [2.75, 3.05) is 6.61 Å². The molecule has 2 heteroatoms. The minimum absolute atomic E-state index is 0.250. The molecule has 0 atom stereocenters. The Labute approximate surface area is 108 Å². The summed E-state index contributed by atoms with van der Waals surface area (Å²) in [6.45, 7) is 4.19. The topological polar surface area (TPSA) is 37.3 Å². The van der Waals surface area contributed by atoms with E-state index in [1.165, 1.54) is 57.8 Å². The lowest BCUT2D eigenvalue weighted by molar-refractivity contribution is -0.107. The smallest absolute Gasteiger partial charge is 0.119 e. The maximum absolute atomic E-state index is 10.0. The van der Waals surface area contributed by atoms with Gasteiger partial charge in [0, 0.05) is 13.0 Å². The van der Waals surface area contributed by atoms with Gasteiger partial charge in [0.2, 0.25) is 0 Å². The predicted molar refractivity (Wildman–Crippen MR) is 75.3 cm³/mol. The highest BCUT2D eigenvalue weighted by molar-refractivity contribution is 5.48. The van der Waals surface area contributed by atoms with Gasteiger partial charge in [-0.05, 0) is 13.3 Å². The van der Waals surface area contributed by atoms with E-state index >= 15 is 0 Å². The van der Waals surface area contributed by atoms with Crippen molar-refractivity contribution in [1.29, 1.82) is 0 Å². The molecule has 2 nitrogen and oxygen atoms in total. The van der Waals surface area contributed by atoms with Crippen LogP contribution in [-0.4, -0.2) is 18.0 Å². The third kappa shape index (κ3) is 25.7. The van der Waals surface area contributed by atoms with E-state index in [9.17, 15) is 4.79 Å². The Hall–Kier alpha value is -0.370. The second-order valence-electron chi connectivity index (χ2n) is 4.45. The highest BCUT2D eigenvalue weighted by Gasteiger charge is 1.91. The summed E-state index contributed by atoms with van der Waals surface area (Å²) in [5, 5.41) is 7.57. The largest absolute Gasteiger partial charge is 0.397 e. The predicted octanol–water partition coefficient (Wildman–Crippen LogP) is 4.49.